The van der Waals surface area contributed by atoms with Gasteiger partial charge in [-0.1, -0.05) is 12.1 Å². The van der Waals surface area contributed by atoms with Crippen molar-refractivity contribution in [1.29, 1.82) is 0 Å². The summed E-state index contributed by atoms with van der Waals surface area (Å²) in [5.41, 5.74) is 11.1. The van der Waals surface area contributed by atoms with Gasteiger partial charge in [-0.3, -0.25) is 0 Å². The van der Waals surface area contributed by atoms with Gasteiger partial charge >= 0.3 is 0 Å². The Morgan fingerprint density at radius 3 is 2.67 bits per heavy atom. The number of aliphatic hydroxyl groups is 1. The lowest BCUT2D eigenvalue weighted by molar-refractivity contribution is 0.124. The van der Waals surface area contributed by atoms with Crippen LogP contribution in [0.2, 0.25) is 0 Å². The summed E-state index contributed by atoms with van der Waals surface area (Å²) in [5.74, 6) is 1.10. The summed E-state index contributed by atoms with van der Waals surface area (Å²) < 4.78 is 5.38. The maximum Gasteiger partial charge on any atom is 0.186 e. The Balaban J connectivity index is 1.88. The molecule has 1 aliphatic carbocycles. The molecule has 0 amide bonds. The van der Waals surface area contributed by atoms with Crippen molar-refractivity contribution in [2.75, 3.05) is 17.7 Å². The van der Waals surface area contributed by atoms with E-state index in [1.54, 1.807) is 13.3 Å². The van der Waals surface area contributed by atoms with Crippen molar-refractivity contribution in [2.24, 2.45) is 0 Å². The number of hydrogen-bond donors (Lipinski definition) is 2. The van der Waals surface area contributed by atoms with E-state index in [4.69, 9.17) is 10.5 Å². The summed E-state index contributed by atoms with van der Waals surface area (Å²) in [5, 5.41) is 10.7. The second-order valence-electron chi connectivity index (χ2n) is 6.41. The molecular formula is C19H21N3O2. The molecule has 2 heterocycles. The monoisotopic (exact) mass is 323 g/mol. The maximum absolute atomic E-state index is 10.7. The van der Waals surface area contributed by atoms with Crippen LogP contribution >= 0.6 is 0 Å². The van der Waals surface area contributed by atoms with E-state index in [9.17, 15) is 5.11 Å². The second-order valence-corrected chi connectivity index (χ2v) is 6.41. The SMILES string of the molecule is COC1=Cc2ccc(-c3ccc(N)nc3)c(C)c2N(C2CC2)C1O. The summed E-state index contributed by atoms with van der Waals surface area (Å²) in [6.45, 7) is 2.10. The number of hydrogen-bond acceptors (Lipinski definition) is 5. The number of aromatic nitrogens is 1. The molecule has 0 bridgehead atoms. The van der Waals surface area contributed by atoms with E-state index in [0.717, 1.165) is 40.8 Å². The highest BCUT2D eigenvalue weighted by Gasteiger charge is 2.39. The first kappa shape index (κ1) is 15.0. The number of benzene rings is 1. The van der Waals surface area contributed by atoms with E-state index < -0.39 is 6.23 Å². The first-order chi connectivity index (χ1) is 11.6. The summed E-state index contributed by atoms with van der Waals surface area (Å²) in [7, 11) is 1.60. The van der Waals surface area contributed by atoms with E-state index in [1.807, 2.05) is 18.2 Å². The molecule has 1 saturated carbocycles. The van der Waals surface area contributed by atoms with Crippen molar-refractivity contribution in [3.8, 4) is 11.1 Å². The molecule has 5 nitrogen and oxygen atoms in total. The van der Waals surface area contributed by atoms with Crippen LogP contribution in [0.25, 0.3) is 17.2 Å². The van der Waals surface area contributed by atoms with Gasteiger partial charge in [0, 0.05) is 23.4 Å². The van der Waals surface area contributed by atoms with Gasteiger partial charge in [-0.2, -0.15) is 0 Å². The molecule has 0 spiro atoms. The zero-order valence-corrected chi connectivity index (χ0v) is 13.9. The molecule has 1 fully saturated rings. The number of nitrogen functional groups attached to an aromatic ring is 1. The molecule has 1 atom stereocenters. The molecule has 2 aliphatic rings. The molecule has 0 radical (unpaired) electrons. The molecular weight excluding hydrogens is 302 g/mol. The van der Waals surface area contributed by atoms with E-state index in [2.05, 4.69) is 28.9 Å². The zero-order valence-electron chi connectivity index (χ0n) is 13.9. The molecule has 2 aromatic rings. The highest BCUT2D eigenvalue weighted by Crippen LogP contribution is 2.44. The van der Waals surface area contributed by atoms with Gasteiger partial charge in [0.2, 0.25) is 0 Å². The van der Waals surface area contributed by atoms with Gasteiger partial charge in [0.05, 0.1) is 12.8 Å². The van der Waals surface area contributed by atoms with Crippen LogP contribution in [0.15, 0.2) is 36.2 Å². The summed E-state index contributed by atoms with van der Waals surface area (Å²) in [4.78, 5) is 6.29. The molecule has 4 rings (SSSR count). The minimum atomic E-state index is -0.728. The van der Waals surface area contributed by atoms with Gasteiger partial charge in [0.1, 0.15) is 11.6 Å². The summed E-state index contributed by atoms with van der Waals surface area (Å²) in [6.07, 6.45) is 5.19. The van der Waals surface area contributed by atoms with Crippen molar-refractivity contribution in [2.45, 2.75) is 32.0 Å². The van der Waals surface area contributed by atoms with Gasteiger partial charge < -0.3 is 20.5 Å². The summed E-state index contributed by atoms with van der Waals surface area (Å²) in [6, 6.07) is 8.33. The Morgan fingerprint density at radius 1 is 1.25 bits per heavy atom. The minimum Gasteiger partial charge on any atom is -0.496 e. The molecule has 0 saturated heterocycles. The number of rotatable bonds is 3. The largest absolute Gasteiger partial charge is 0.496 e. The third kappa shape index (κ3) is 2.32. The van der Waals surface area contributed by atoms with Crippen LogP contribution in [-0.4, -0.2) is 29.5 Å². The van der Waals surface area contributed by atoms with Crippen LogP contribution in [0.1, 0.15) is 24.0 Å². The fourth-order valence-corrected chi connectivity index (χ4v) is 3.44. The Hall–Kier alpha value is -2.53. The van der Waals surface area contributed by atoms with Crippen molar-refractivity contribution >= 4 is 17.6 Å². The van der Waals surface area contributed by atoms with Gasteiger partial charge in [-0.25, -0.2) is 4.98 Å². The lowest BCUT2D eigenvalue weighted by Crippen LogP contribution is -2.41. The van der Waals surface area contributed by atoms with Gasteiger partial charge in [-0.05, 0) is 49.1 Å². The standard InChI is InChI=1S/C19H21N3O2/c1-11-15(13-4-8-17(20)21-10-13)7-3-12-9-16(24-2)19(23)22(18(11)12)14-5-6-14/h3-4,7-10,14,19,23H,5-6H2,1-2H3,(H2,20,21). The quantitative estimate of drug-likeness (QED) is 0.909. The number of methoxy groups -OCH3 is 1. The molecule has 1 aromatic heterocycles. The van der Waals surface area contributed by atoms with E-state index in [1.165, 1.54) is 0 Å². The van der Waals surface area contributed by atoms with Crippen LogP contribution in [0.5, 0.6) is 0 Å². The van der Waals surface area contributed by atoms with Crippen molar-refractivity contribution in [3.05, 3.63) is 47.3 Å². The van der Waals surface area contributed by atoms with Crippen LogP contribution < -0.4 is 10.6 Å². The number of anilines is 2. The average Bonchev–Trinajstić information content (AvgIpc) is 3.41. The highest BCUT2D eigenvalue weighted by atomic mass is 16.5. The second kappa shape index (κ2) is 5.53. The fraction of sp³-hybridized carbons (Fsp3) is 0.316. The third-order valence-electron chi connectivity index (χ3n) is 4.81. The number of aliphatic hydroxyl groups excluding tert-OH is 1. The van der Waals surface area contributed by atoms with Crippen molar-refractivity contribution in [1.82, 2.24) is 4.98 Å². The van der Waals surface area contributed by atoms with Crippen molar-refractivity contribution in [3.63, 3.8) is 0 Å². The Labute approximate surface area is 141 Å². The van der Waals surface area contributed by atoms with E-state index in [0.29, 0.717) is 17.6 Å². The predicted octanol–water partition coefficient (Wildman–Crippen LogP) is 2.93. The van der Waals surface area contributed by atoms with Crippen LogP contribution in [0.4, 0.5) is 11.5 Å². The van der Waals surface area contributed by atoms with Gasteiger partial charge in [-0.15, -0.1) is 0 Å². The van der Waals surface area contributed by atoms with Crippen molar-refractivity contribution < 1.29 is 9.84 Å². The Bertz CT molecular complexity index is 810. The maximum atomic E-state index is 10.7. The zero-order chi connectivity index (χ0) is 16.8. The first-order valence-electron chi connectivity index (χ1n) is 8.17. The van der Waals surface area contributed by atoms with E-state index in [-0.39, 0.29) is 0 Å². The molecule has 24 heavy (non-hydrogen) atoms. The molecule has 5 heteroatoms. The number of nitrogens with two attached hydrogens (primary N) is 1. The molecule has 1 unspecified atom stereocenters. The number of nitrogens with zero attached hydrogens (tertiary/aromatic N) is 2. The lowest BCUT2D eigenvalue weighted by Gasteiger charge is -2.37. The number of pyridine rings is 1. The Kier molecular flexibility index (Phi) is 3.46. The third-order valence-corrected chi connectivity index (χ3v) is 4.81. The first-order valence-corrected chi connectivity index (χ1v) is 8.17. The smallest absolute Gasteiger partial charge is 0.186 e. The van der Waals surface area contributed by atoms with Crippen LogP contribution in [0.3, 0.4) is 0 Å². The average molecular weight is 323 g/mol. The Morgan fingerprint density at radius 2 is 2.04 bits per heavy atom. The van der Waals surface area contributed by atoms with Crippen LogP contribution in [0, 0.1) is 6.92 Å². The summed E-state index contributed by atoms with van der Waals surface area (Å²) >= 11 is 0. The topological polar surface area (TPSA) is 71.6 Å². The van der Waals surface area contributed by atoms with Gasteiger partial charge in [0.15, 0.2) is 6.23 Å². The molecule has 1 aliphatic heterocycles. The predicted molar refractivity (Wildman–Crippen MR) is 95.3 cm³/mol. The molecule has 124 valence electrons. The lowest BCUT2D eigenvalue weighted by atomic mass is 9.94. The van der Waals surface area contributed by atoms with E-state index >= 15 is 0 Å². The normalized spacial score (nSPS) is 19.7. The van der Waals surface area contributed by atoms with Crippen LogP contribution in [-0.2, 0) is 4.74 Å². The number of ether oxygens (including phenoxy) is 1. The highest BCUT2D eigenvalue weighted by molar-refractivity contribution is 5.83. The number of fused-ring (bicyclic) bond motifs is 1. The fourth-order valence-electron chi connectivity index (χ4n) is 3.44. The molecule has 1 aromatic carbocycles. The van der Waals surface area contributed by atoms with Gasteiger partial charge in [0.25, 0.3) is 0 Å². The molecule has 3 N–H and O–H groups in total. The minimum absolute atomic E-state index is 0.371.